The second-order valence-electron chi connectivity index (χ2n) is 7.01. The van der Waals surface area contributed by atoms with Crippen LogP contribution in [-0.4, -0.2) is 44.4 Å². The molecule has 2 aromatic carbocycles. The van der Waals surface area contributed by atoms with E-state index in [0.717, 1.165) is 31.1 Å². The fraction of sp³-hybridized carbons (Fsp3) is 0.286. The van der Waals surface area contributed by atoms with Crippen LogP contribution in [-0.2, 0) is 11.3 Å². The van der Waals surface area contributed by atoms with Gasteiger partial charge in [-0.05, 0) is 56.3 Å². The Morgan fingerprint density at radius 2 is 1.83 bits per heavy atom. The van der Waals surface area contributed by atoms with Crippen molar-refractivity contribution in [1.82, 2.24) is 19.7 Å². The minimum Gasteiger partial charge on any atom is -0.324 e. The first-order chi connectivity index (χ1) is 14.6. The molecule has 9 heteroatoms. The summed E-state index contributed by atoms with van der Waals surface area (Å²) in [6, 6.07) is 15.0. The van der Waals surface area contributed by atoms with Gasteiger partial charge in [0.05, 0.1) is 23.0 Å². The molecule has 1 aliphatic rings. The first-order valence-corrected chi connectivity index (χ1v) is 11.4. The van der Waals surface area contributed by atoms with Crippen LogP contribution in [0.5, 0.6) is 0 Å². The van der Waals surface area contributed by atoms with Gasteiger partial charge in [-0.25, -0.2) is 0 Å². The molecule has 1 aliphatic heterocycles. The van der Waals surface area contributed by atoms with Crippen LogP contribution in [0.25, 0.3) is 5.69 Å². The molecule has 3 aromatic rings. The van der Waals surface area contributed by atoms with E-state index in [-0.39, 0.29) is 11.7 Å². The lowest BCUT2D eigenvalue weighted by Gasteiger charge is -2.16. The van der Waals surface area contributed by atoms with Crippen molar-refractivity contribution in [3.8, 4) is 5.69 Å². The van der Waals surface area contributed by atoms with E-state index in [9.17, 15) is 4.79 Å². The number of hydrogen-bond donors (Lipinski definition) is 1. The number of carbonyl (C=O) groups is 1. The van der Waals surface area contributed by atoms with Gasteiger partial charge in [-0.2, -0.15) is 0 Å². The number of anilines is 1. The molecule has 0 bridgehead atoms. The smallest absolute Gasteiger partial charge is 0.234 e. The van der Waals surface area contributed by atoms with Gasteiger partial charge in [0.25, 0.3) is 0 Å². The van der Waals surface area contributed by atoms with Gasteiger partial charge in [-0.1, -0.05) is 53.2 Å². The molecule has 0 atom stereocenters. The van der Waals surface area contributed by atoms with Gasteiger partial charge in [0.2, 0.25) is 5.91 Å². The molecule has 6 nitrogen and oxygen atoms in total. The lowest BCUT2D eigenvalue weighted by atomic mass is 10.3. The number of carbonyl (C=O) groups excluding carboxylic acids is 1. The van der Waals surface area contributed by atoms with Crippen LogP contribution < -0.4 is 5.32 Å². The SMILES string of the molecule is O=C(CSc1nnc(CN2CCCC2)n1-c1ccccc1)Nc1ccc(Cl)cc1Cl. The van der Waals surface area contributed by atoms with Crippen LogP contribution in [0.4, 0.5) is 5.69 Å². The third kappa shape index (κ3) is 5.16. The van der Waals surface area contributed by atoms with Crippen molar-refractivity contribution in [2.24, 2.45) is 0 Å². The van der Waals surface area contributed by atoms with Gasteiger partial charge < -0.3 is 5.32 Å². The molecule has 156 valence electrons. The molecule has 4 rings (SSSR count). The van der Waals surface area contributed by atoms with Crippen LogP contribution in [0, 0.1) is 0 Å². The standard InChI is InChI=1S/C21H21Cl2N5OS/c22-15-8-9-18(17(23)12-15)24-20(29)14-30-21-26-25-19(13-27-10-4-5-11-27)28(21)16-6-2-1-3-7-16/h1-3,6-9,12H,4-5,10-11,13-14H2,(H,24,29). The van der Waals surface area contributed by atoms with Crippen molar-refractivity contribution < 1.29 is 4.79 Å². The van der Waals surface area contributed by atoms with Crippen molar-refractivity contribution in [2.45, 2.75) is 24.5 Å². The summed E-state index contributed by atoms with van der Waals surface area (Å²) in [7, 11) is 0. The monoisotopic (exact) mass is 461 g/mol. The molecule has 2 heterocycles. The van der Waals surface area contributed by atoms with Gasteiger partial charge in [0.1, 0.15) is 0 Å². The predicted octanol–water partition coefficient (Wildman–Crippen LogP) is 4.90. The fourth-order valence-corrected chi connectivity index (χ4v) is 4.61. The van der Waals surface area contributed by atoms with Gasteiger partial charge >= 0.3 is 0 Å². The third-order valence-corrected chi connectivity index (χ3v) is 6.29. The number of amides is 1. The quantitative estimate of drug-likeness (QED) is 0.506. The third-order valence-electron chi connectivity index (χ3n) is 4.82. The number of likely N-dealkylation sites (tertiary alicyclic amines) is 1. The predicted molar refractivity (Wildman–Crippen MR) is 122 cm³/mol. The Labute approximate surface area is 189 Å². The average molecular weight is 462 g/mol. The second kappa shape index (κ2) is 9.83. The summed E-state index contributed by atoms with van der Waals surface area (Å²) < 4.78 is 2.03. The Hall–Kier alpha value is -2.06. The number of benzene rings is 2. The molecule has 0 unspecified atom stereocenters. The molecular weight excluding hydrogens is 441 g/mol. The summed E-state index contributed by atoms with van der Waals surface area (Å²) >= 11 is 13.4. The van der Waals surface area contributed by atoms with Crippen LogP contribution >= 0.6 is 35.0 Å². The van der Waals surface area contributed by atoms with Gasteiger partial charge in [0.15, 0.2) is 11.0 Å². The molecule has 1 fully saturated rings. The van der Waals surface area contributed by atoms with E-state index in [4.69, 9.17) is 23.2 Å². The first-order valence-electron chi connectivity index (χ1n) is 9.70. The van der Waals surface area contributed by atoms with E-state index in [2.05, 4.69) is 20.4 Å². The zero-order valence-corrected chi connectivity index (χ0v) is 18.6. The zero-order chi connectivity index (χ0) is 20.9. The van der Waals surface area contributed by atoms with E-state index < -0.39 is 0 Å². The first kappa shape index (κ1) is 21.2. The number of halogens is 2. The lowest BCUT2D eigenvalue weighted by Crippen LogP contribution is -2.21. The largest absolute Gasteiger partial charge is 0.324 e. The number of nitrogens with zero attached hydrogens (tertiary/aromatic N) is 4. The number of hydrogen-bond acceptors (Lipinski definition) is 5. The van der Waals surface area contributed by atoms with Gasteiger partial charge in [-0.3, -0.25) is 14.3 Å². The highest BCUT2D eigenvalue weighted by molar-refractivity contribution is 7.99. The van der Waals surface area contributed by atoms with Gasteiger partial charge in [0, 0.05) is 10.7 Å². The number of thioether (sulfide) groups is 1. The Balaban J connectivity index is 1.49. The topological polar surface area (TPSA) is 63.1 Å². The van der Waals surface area contributed by atoms with Crippen molar-refractivity contribution >= 4 is 46.6 Å². The molecule has 0 radical (unpaired) electrons. The van der Waals surface area contributed by atoms with Crippen molar-refractivity contribution in [2.75, 3.05) is 24.2 Å². The second-order valence-corrected chi connectivity index (χ2v) is 8.80. The Bertz CT molecular complexity index is 1020. The van der Waals surface area contributed by atoms with E-state index >= 15 is 0 Å². The Morgan fingerprint density at radius 3 is 2.57 bits per heavy atom. The lowest BCUT2D eigenvalue weighted by molar-refractivity contribution is -0.113. The Morgan fingerprint density at radius 1 is 1.07 bits per heavy atom. The highest BCUT2D eigenvalue weighted by Gasteiger charge is 2.20. The van der Waals surface area contributed by atoms with E-state index in [1.54, 1.807) is 18.2 Å². The molecule has 1 amide bonds. The molecule has 0 spiro atoms. The summed E-state index contributed by atoms with van der Waals surface area (Å²) in [5, 5.41) is 13.2. The van der Waals surface area contributed by atoms with Crippen LogP contribution in [0.15, 0.2) is 53.7 Å². The van der Waals surface area contributed by atoms with Crippen molar-refractivity contribution in [3.05, 3.63) is 64.4 Å². The summed E-state index contributed by atoms with van der Waals surface area (Å²) in [6.07, 6.45) is 2.43. The van der Waals surface area contributed by atoms with Crippen LogP contribution in [0.1, 0.15) is 18.7 Å². The molecule has 1 saturated heterocycles. The average Bonchev–Trinajstić information content (AvgIpc) is 3.39. The molecule has 1 aromatic heterocycles. The molecule has 1 N–H and O–H groups in total. The zero-order valence-electron chi connectivity index (χ0n) is 16.2. The maximum Gasteiger partial charge on any atom is 0.234 e. The number of nitrogens with one attached hydrogen (secondary N) is 1. The maximum absolute atomic E-state index is 12.5. The highest BCUT2D eigenvalue weighted by Crippen LogP contribution is 2.27. The number of para-hydroxylation sites is 1. The minimum atomic E-state index is -0.173. The maximum atomic E-state index is 12.5. The highest BCUT2D eigenvalue weighted by atomic mass is 35.5. The van der Waals surface area contributed by atoms with Crippen LogP contribution in [0.2, 0.25) is 10.0 Å². The summed E-state index contributed by atoms with van der Waals surface area (Å²) in [5.41, 5.74) is 1.52. The molecule has 30 heavy (non-hydrogen) atoms. The molecule has 0 aliphatic carbocycles. The number of rotatable bonds is 7. The fourth-order valence-electron chi connectivity index (χ4n) is 3.38. The summed E-state index contributed by atoms with van der Waals surface area (Å²) in [5.74, 6) is 0.896. The summed E-state index contributed by atoms with van der Waals surface area (Å²) in [6.45, 7) is 2.90. The van der Waals surface area contributed by atoms with Crippen molar-refractivity contribution in [1.29, 1.82) is 0 Å². The molecular formula is C21H21Cl2N5OS. The van der Waals surface area contributed by atoms with E-state index in [0.29, 0.717) is 20.9 Å². The van der Waals surface area contributed by atoms with Crippen molar-refractivity contribution in [3.63, 3.8) is 0 Å². The summed E-state index contributed by atoms with van der Waals surface area (Å²) in [4.78, 5) is 14.8. The minimum absolute atomic E-state index is 0.173. The number of aromatic nitrogens is 3. The molecule has 0 saturated carbocycles. The van der Waals surface area contributed by atoms with E-state index in [1.807, 2.05) is 34.9 Å². The Kier molecular flexibility index (Phi) is 6.94. The normalized spacial score (nSPS) is 14.2. The van der Waals surface area contributed by atoms with Crippen LogP contribution in [0.3, 0.4) is 0 Å². The van der Waals surface area contributed by atoms with Gasteiger partial charge in [-0.15, -0.1) is 10.2 Å². The van der Waals surface area contributed by atoms with E-state index in [1.165, 1.54) is 24.6 Å².